The van der Waals surface area contributed by atoms with E-state index in [1.165, 1.54) is 19.2 Å². The fourth-order valence-corrected chi connectivity index (χ4v) is 13.5. The van der Waals surface area contributed by atoms with Crippen molar-refractivity contribution in [3.63, 3.8) is 0 Å². The zero-order chi connectivity index (χ0) is 105. The predicted molar refractivity (Wildman–Crippen MR) is 553 cm³/mol. The van der Waals surface area contributed by atoms with Crippen LogP contribution in [-0.2, 0) is 65.2 Å². The van der Waals surface area contributed by atoms with E-state index >= 15 is 0 Å². The number of alkyl carbamates (subject to hydrolysis) is 1. The van der Waals surface area contributed by atoms with Gasteiger partial charge in [0.1, 0.15) is 12.7 Å². The first-order valence-corrected chi connectivity index (χ1v) is 49.0. The summed E-state index contributed by atoms with van der Waals surface area (Å²) in [6, 6.07) is 69.3. The molecule has 1 heterocycles. The number of hydrogen-bond acceptors (Lipinski definition) is 20. The van der Waals surface area contributed by atoms with Crippen LogP contribution in [0.2, 0.25) is 0 Å². The van der Waals surface area contributed by atoms with Gasteiger partial charge in [0.25, 0.3) is 30.6 Å². The monoisotopic (exact) mass is 2020 g/mol. The molecular formula is C99H133ClF3N15O19S3. The third-order valence-corrected chi connectivity index (χ3v) is 20.3. The summed E-state index contributed by atoms with van der Waals surface area (Å²) >= 11 is 5.37. The minimum absolute atomic E-state index is 0.0787. The number of benzene rings is 10. The number of amides is 9. The van der Waals surface area contributed by atoms with Crippen molar-refractivity contribution >= 4 is 142 Å². The summed E-state index contributed by atoms with van der Waals surface area (Å²) in [6.07, 6.45) is -5.48. The molecule has 0 saturated carbocycles. The van der Waals surface area contributed by atoms with Crippen LogP contribution in [-0.4, -0.2) is 153 Å². The fraction of sp³-hybridized carbons (Fsp3) is 0.323. The molecule has 9 amide bonds. The Morgan fingerprint density at radius 3 is 1.09 bits per heavy atom. The quantitative estimate of drug-likeness (QED) is 0.0187. The van der Waals surface area contributed by atoms with Gasteiger partial charge < -0.3 is 49.7 Å². The summed E-state index contributed by atoms with van der Waals surface area (Å²) in [4.78, 5) is 78.9. The second-order valence-corrected chi connectivity index (χ2v) is 35.8. The summed E-state index contributed by atoms with van der Waals surface area (Å²) < 4.78 is 149. The number of imide groups is 1. The molecule has 1 atom stereocenters. The van der Waals surface area contributed by atoms with Crippen molar-refractivity contribution in [3.8, 4) is 0 Å². The number of carbonyl (C=O) groups excluding carboxylic acids is 7. The molecule has 1 fully saturated rings. The lowest BCUT2D eigenvalue weighted by Gasteiger charge is -2.11. The normalized spacial score (nSPS) is 11.4. The van der Waals surface area contributed by atoms with Gasteiger partial charge in [-0.3, -0.25) is 35.4 Å². The zero-order valence-electron chi connectivity index (χ0n) is 82.2. The Kier molecular flexibility index (Phi) is 58.5. The molecule has 1 aliphatic rings. The molecule has 10 aromatic rings. The van der Waals surface area contributed by atoms with Crippen LogP contribution < -0.4 is 76.2 Å². The Labute approximate surface area is 826 Å². The van der Waals surface area contributed by atoms with Gasteiger partial charge in [-0.1, -0.05) is 135 Å². The maximum absolute atomic E-state index is 12.6. The Morgan fingerprint density at radius 2 is 0.743 bits per heavy atom. The van der Waals surface area contributed by atoms with Gasteiger partial charge >= 0.3 is 48.7 Å². The molecule has 0 radical (unpaired) electrons. The Hall–Kier alpha value is -13.6. The number of nitrogens with one attached hydrogen (secondary N) is 15. The number of rotatable bonds is 25. The highest BCUT2D eigenvalue weighted by Crippen LogP contribution is 2.31. The van der Waals surface area contributed by atoms with Crippen LogP contribution in [0.25, 0.3) is 0 Å². The third-order valence-electron chi connectivity index (χ3n) is 16.6. The van der Waals surface area contributed by atoms with E-state index in [4.69, 9.17) is 35.3 Å². The molecule has 764 valence electrons. The minimum Gasteiger partial charge on any atom is -0.450 e. The van der Waals surface area contributed by atoms with Gasteiger partial charge in [0.15, 0.2) is 0 Å². The van der Waals surface area contributed by atoms with Gasteiger partial charge in [-0.05, 0) is 289 Å². The topological polar surface area (TPSA) is 458 Å². The molecule has 0 unspecified atom stereocenters. The first kappa shape index (κ1) is 122. The van der Waals surface area contributed by atoms with Crippen LogP contribution >= 0.6 is 11.6 Å². The van der Waals surface area contributed by atoms with Gasteiger partial charge in [-0.2, -0.15) is 47.9 Å². The Morgan fingerprint density at radius 1 is 0.400 bits per heavy atom. The molecule has 34 nitrogen and oxygen atoms in total. The molecule has 0 bridgehead atoms. The average Bonchev–Trinajstić information content (AvgIpc) is 0.968. The maximum Gasteiger partial charge on any atom is 0.416 e. The number of aryl methyl sites for hydroxylation is 9. The van der Waals surface area contributed by atoms with Gasteiger partial charge in [-0.15, -0.1) is 11.6 Å². The van der Waals surface area contributed by atoms with Crippen LogP contribution in [0.1, 0.15) is 117 Å². The highest BCUT2D eigenvalue weighted by Gasteiger charge is 2.31. The number of hydrogen-bond donors (Lipinski definition) is 15. The lowest BCUT2D eigenvalue weighted by molar-refractivity contribution is -0.137. The highest BCUT2D eigenvalue weighted by atomic mass is 35.5. The number of anilines is 10. The summed E-state index contributed by atoms with van der Waals surface area (Å²) in [5.41, 5.74) is 14.7. The van der Waals surface area contributed by atoms with Crippen molar-refractivity contribution in [3.05, 3.63) is 298 Å². The Balaban J connectivity index is 0.000000532. The van der Waals surface area contributed by atoms with Crippen LogP contribution in [0.3, 0.4) is 0 Å². The number of ether oxygens (including phenoxy) is 6. The van der Waals surface area contributed by atoms with E-state index in [2.05, 4.69) is 75.6 Å². The second-order valence-electron chi connectivity index (χ2n) is 30.9. The lowest BCUT2D eigenvalue weighted by atomic mass is 10.2. The summed E-state index contributed by atoms with van der Waals surface area (Å²) in [7, 11) is -5.13. The number of alkyl halides is 4. The first-order valence-electron chi connectivity index (χ1n) is 44.0. The van der Waals surface area contributed by atoms with Crippen LogP contribution in [0, 0.1) is 62.3 Å². The maximum atomic E-state index is 12.6. The van der Waals surface area contributed by atoms with Crippen molar-refractivity contribution in [2.75, 3.05) is 118 Å². The van der Waals surface area contributed by atoms with E-state index in [0.29, 0.717) is 60.7 Å². The third kappa shape index (κ3) is 60.2. The van der Waals surface area contributed by atoms with Gasteiger partial charge in [0, 0.05) is 82.9 Å². The Bertz CT molecular complexity index is 5790. The fourth-order valence-electron chi connectivity index (χ4n) is 10.8. The smallest absolute Gasteiger partial charge is 0.416 e. The van der Waals surface area contributed by atoms with Crippen molar-refractivity contribution in [2.45, 2.75) is 148 Å². The molecule has 0 spiro atoms. The van der Waals surface area contributed by atoms with Crippen LogP contribution in [0.15, 0.2) is 243 Å². The van der Waals surface area contributed by atoms with Gasteiger partial charge in [0.2, 0.25) is 0 Å². The van der Waals surface area contributed by atoms with Crippen molar-refractivity contribution < 1.29 is 100 Å². The SMILES string of the molecule is CCCOC(=O)Nc1ccc(C)cc1.CCNS(=O)(=O)Nc1cccc(C)c1.CCOC(=O)NC(=O)Nc1cccc(C)c1.CNC.CNS(=O)(=O)Nc1cccc(C)c1.Cc1cccc(NC(=O)Nc2cccc(C(F)(F)F)c2)c1.Cc1cccc(NC(=O)OC(C)C)c1.Cc1cccc(NC(=O)OCCCl)c1.Cc1cccc(NC(=O)O[C@@H]2CCOC2)c1.Cc1cccc(NS(=O)(=O)NC(C)C)c1. The van der Waals surface area contributed by atoms with E-state index in [1.54, 1.807) is 113 Å². The minimum atomic E-state index is -4.44. The molecule has 10 aromatic carbocycles. The molecule has 140 heavy (non-hydrogen) atoms. The average molecular weight is 2030 g/mol. The van der Waals surface area contributed by atoms with E-state index in [-0.39, 0.29) is 37.2 Å². The number of halogens is 4. The first-order chi connectivity index (χ1) is 66.1. The van der Waals surface area contributed by atoms with E-state index in [9.17, 15) is 72.0 Å². The zero-order valence-corrected chi connectivity index (χ0v) is 85.4. The molecule has 0 aliphatic carbocycles. The van der Waals surface area contributed by atoms with E-state index < -0.39 is 84.9 Å². The standard InChI is InChI=1S/C15H13F3N2O.C12H15NO3.C11H14N2O3.2C11H15NO2.C10H12ClNO2.C10H16N2O2S.C9H14N2O2S.C8H12N2O2S.C2H7N/c1-10-4-2-6-12(8-10)19-14(21)20-13-7-3-5-11(9-13)15(16,17)18;1-9-3-2-4-10(7-9)13-12(14)16-11-5-6-15-8-11;1-3-16-11(15)13-10(14)12-9-6-4-5-8(2)7-9;1-8(2)14-11(13)12-10-6-4-5-9(3)7-10;1-3-8-14-11(13)12-10-6-4-9(2)5-7-10;1-8-3-2-4-9(7-8)12-10(13)14-6-5-11;1-8(2)11-15(13,14)12-10-6-4-5-9(3)7-10;1-3-10-14(12,13)11-9-6-4-5-8(2)7-9;1-7-4-3-5-8(6-7)10-13(11,12)9-2;1-3-2/h2-9H,1H3,(H2,19,20,21);2-4,7,11H,5-6,8H2,1H3,(H,13,14);4-7H,3H2,1-2H3,(H2,12,13,14,15);4-8H,1-3H3,(H,12,13);4-7H,3,8H2,1-2H3,(H,12,13);2-4,7H,5-6H2,1H3,(H,12,13);4-8,11-12H,1-3H3;4-7,10-11H,3H2,1-2H3;3-6,9-10H,1-2H3;3H,1-2H3/t;11-;;;;;;;;/m.1......../s1. The molecule has 15 N–H and O–H groups in total. The molecular weight excluding hydrogens is 1890 g/mol. The van der Waals surface area contributed by atoms with Crippen LogP contribution in [0.4, 0.5) is 104 Å². The number of urea groups is 2. The van der Waals surface area contributed by atoms with Crippen LogP contribution in [0.5, 0.6) is 0 Å². The van der Waals surface area contributed by atoms with Crippen molar-refractivity contribution in [1.29, 1.82) is 0 Å². The molecule has 1 aliphatic heterocycles. The lowest BCUT2D eigenvalue weighted by Crippen LogP contribution is -2.35. The van der Waals surface area contributed by atoms with Gasteiger partial charge in [-0.25, -0.2) is 43.6 Å². The van der Waals surface area contributed by atoms with Gasteiger partial charge in [0.05, 0.1) is 44.0 Å². The largest absolute Gasteiger partial charge is 0.450 e. The summed E-state index contributed by atoms with van der Waals surface area (Å²) in [6.45, 7) is 32.4. The number of carbonyl (C=O) groups is 7. The van der Waals surface area contributed by atoms with E-state index in [1.807, 2.05) is 236 Å². The van der Waals surface area contributed by atoms with Crippen molar-refractivity contribution in [1.82, 2.24) is 24.8 Å². The summed E-state index contributed by atoms with van der Waals surface area (Å²) in [5.74, 6) is 0.307. The predicted octanol–water partition coefficient (Wildman–Crippen LogP) is 21.6. The molecule has 41 heteroatoms. The second kappa shape index (κ2) is 66.9. The molecule has 0 aromatic heterocycles. The molecule has 11 rings (SSSR count). The molecule has 1 saturated heterocycles. The van der Waals surface area contributed by atoms with E-state index in [0.717, 1.165) is 97.8 Å². The van der Waals surface area contributed by atoms with Crippen molar-refractivity contribution in [2.24, 2.45) is 0 Å². The summed E-state index contributed by atoms with van der Waals surface area (Å²) in [5, 5.41) is 22.8. The highest BCUT2D eigenvalue weighted by molar-refractivity contribution is 7.91.